The van der Waals surface area contributed by atoms with Crippen LogP contribution in [0.25, 0.3) is 0 Å². The van der Waals surface area contributed by atoms with E-state index >= 15 is 0 Å². The molecular weight excluding hydrogens is 243 g/mol. The van der Waals surface area contributed by atoms with E-state index in [2.05, 4.69) is 12.2 Å². The van der Waals surface area contributed by atoms with Crippen molar-refractivity contribution >= 4 is 0 Å². The van der Waals surface area contributed by atoms with E-state index in [0.717, 1.165) is 45.1 Å². The molecule has 1 N–H and O–H groups in total. The molecule has 0 amide bonds. The van der Waals surface area contributed by atoms with Gasteiger partial charge in [0.15, 0.2) is 0 Å². The Balaban J connectivity index is 2.39. The van der Waals surface area contributed by atoms with Gasteiger partial charge in [-0.2, -0.15) is 13.2 Å². The molecule has 0 atom stereocenters. The van der Waals surface area contributed by atoms with Crippen LogP contribution in [0.3, 0.4) is 0 Å². The zero-order valence-electron chi connectivity index (χ0n) is 11.1. The van der Waals surface area contributed by atoms with Crippen molar-refractivity contribution in [1.82, 2.24) is 5.32 Å². The van der Waals surface area contributed by atoms with Gasteiger partial charge in [0.05, 0.1) is 18.6 Å². The van der Waals surface area contributed by atoms with Gasteiger partial charge < -0.3 is 10.1 Å². The average molecular weight is 267 g/mol. The summed E-state index contributed by atoms with van der Waals surface area (Å²) in [5, 5.41) is 3.29. The molecule has 0 spiro atoms. The second-order valence-electron chi connectivity index (χ2n) is 5.13. The van der Waals surface area contributed by atoms with Crippen LogP contribution in [0.1, 0.15) is 51.9 Å². The van der Waals surface area contributed by atoms with Crippen molar-refractivity contribution in [3.8, 4) is 0 Å². The van der Waals surface area contributed by atoms with Crippen LogP contribution in [0.2, 0.25) is 0 Å². The molecule has 2 nitrogen and oxygen atoms in total. The zero-order valence-corrected chi connectivity index (χ0v) is 11.1. The van der Waals surface area contributed by atoms with E-state index in [-0.39, 0.29) is 12.2 Å². The molecule has 1 rings (SSSR count). The summed E-state index contributed by atoms with van der Waals surface area (Å²) < 4.78 is 42.0. The molecule has 0 radical (unpaired) electrons. The quantitative estimate of drug-likeness (QED) is 0.711. The zero-order chi connectivity index (χ0) is 13.5. The molecular formula is C13H24F3NO. The topological polar surface area (TPSA) is 21.3 Å². The molecule has 0 aliphatic heterocycles. The molecule has 0 aromatic carbocycles. The summed E-state index contributed by atoms with van der Waals surface area (Å²) in [5.41, 5.74) is -0.362. The molecule has 5 heteroatoms. The van der Waals surface area contributed by atoms with Crippen molar-refractivity contribution in [3.63, 3.8) is 0 Å². The maximum Gasteiger partial charge on any atom is 0.391 e. The van der Waals surface area contributed by atoms with Crippen molar-refractivity contribution in [2.75, 3.05) is 19.7 Å². The second-order valence-corrected chi connectivity index (χ2v) is 5.13. The van der Waals surface area contributed by atoms with E-state index in [9.17, 15) is 13.2 Å². The largest absolute Gasteiger partial charge is 0.391 e. The molecule has 0 bridgehead atoms. The van der Waals surface area contributed by atoms with E-state index in [1.807, 2.05) is 0 Å². The molecule has 0 saturated heterocycles. The molecule has 18 heavy (non-hydrogen) atoms. The number of halogens is 3. The Labute approximate surface area is 107 Å². The number of hydrogen-bond donors (Lipinski definition) is 1. The Bertz CT molecular complexity index is 225. The lowest BCUT2D eigenvalue weighted by atomic mass is 9.84. The molecule has 1 aliphatic carbocycles. The monoisotopic (exact) mass is 267 g/mol. The summed E-state index contributed by atoms with van der Waals surface area (Å²) in [7, 11) is 0. The molecule has 1 fully saturated rings. The Morgan fingerprint density at radius 3 is 2.39 bits per heavy atom. The third-order valence-corrected chi connectivity index (χ3v) is 3.43. The molecule has 0 aromatic heterocycles. The highest BCUT2D eigenvalue weighted by molar-refractivity contribution is 4.86. The standard InChI is InChI=1S/C13H24F3NO/c1-2-9-17-11-12(6-4-3-5-7-12)18-10-8-13(14,15)16/h17H,2-11H2,1H3. The van der Waals surface area contributed by atoms with Crippen LogP contribution >= 0.6 is 0 Å². The molecule has 0 aromatic rings. The third kappa shape index (κ3) is 6.05. The minimum absolute atomic E-state index is 0.211. The summed E-state index contributed by atoms with van der Waals surface area (Å²) in [5.74, 6) is 0. The van der Waals surface area contributed by atoms with Crippen molar-refractivity contribution in [1.29, 1.82) is 0 Å². The number of hydrogen-bond acceptors (Lipinski definition) is 2. The predicted molar refractivity (Wildman–Crippen MR) is 65.6 cm³/mol. The van der Waals surface area contributed by atoms with Gasteiger partial charge in [0.25, 0.3) is 0 Å². The van der Waals surface area contributed by atoms with Gasteiger partial charge in [-0.3, -0.25) is 0 Å². The number of alkyl halides is 3. The van der Waals surface area contributed by atoms with Crippen molar-refractivity contribution < 1.29 is 17.9 Å². The summed E-state index contributed by atoms with van der Waals surface area (Å²) in [6.07, 6.45) is 1.09. The minimum Gasteiger partial charge on any atom is -0.373 e. The fraction of sp³-hybridized carbons (Fsp3) is 1.00. The van der Waals surface area contributed by atoms with Crippen LogP contribution in [-0.4, -0.2) is 31.5 Å². The molecule has 0 heterocycles. The summed E-state index contributed by atoms with van der Waals surface area (Å²) >= 11 is 0. The molecule has 1 saturated carbocycles. The highest BCUT2D eigenvalue weighted by Crippen LogP contribution is 2.32. The van der Waals surface area contributed by atoms with Gasteiger partial charge in [0.1, 0.15) is 0 Å². The third-order valence-electron chi connectivity index (χ3n) is 3.43. The highest BCUT2D eigenvalue weighted by atomic mass is 19.4. The van der Waals surface area contributed by atoms with Crippen LogP contribution in [0.5, 0.6) is 0 Å². The molecule has 108 valence electrons. The maximum atomic E-state index is 12.1. The van der Waals surface area contributed by atoms with Gasteiger partial charge in [-0.1, -0.05) is 26.2 Å². The SMILES string of the molecule is CCCNCC1(OCCC(F)(F)F)CCCCC1. The van der Waals surface area contributed by atoms with E-state index in [1.165, 1.54) is 0 Å². The normalized spacial score (nSPS) is 20.0. The van der Waals surface area contributed by atoms with Gasteiger partial charge >= 0.3 is 6.18 Å². The average Bonchev–Trinajstić information content (AvgIpc) is 2.29. The number of ether oxygens (including phenoxy) is 1. The van der Waals surface area contributed by atoms with Gasteiger partial charge in [-0.15, -0.1) is 0 Å². The summed E-state index contributed by atoms with van der Waals surface area (Å²) in [6.45, 7) is 3.44. The first kappa shape index (κ1) is 15.8. The van der Waals surface area contributed by atoms with Crippen LogP contribution in [0.15, 0.2) is 0 Å². The van der Waals surface area contributed by atoms with Crippen LogP contribution in [0, 0.1) is 0 Å². The lowest BCUT2D eigenvalue weighted by molar-refractivity contribution is -0.161. The Hall–Kier alpha value is -0.290. The Morgan fingerprint density at radius 1 is 1.17 bits per heavy atom. The number of nitrogens with one attached hydrogen (secondary N) is 1. The first-order chi connectivity index (χ1) is 8.47. The Kier molecular flexibility index (Phi) is 6.43. The minimum atomic E-state index is -4.12. The maximum absolute atomic E-state index is 12.1. The van der Waals surface area contributed by atoms with Crippen molar-refractivity contribution in [2.45, 2.75) is 63.6 Å². The smallest absolute Gasteiger partial charge is 0.373 e. The van der Waals surface area contributed by atoms with E-state index in [4.69, 9.17) is 4.74 Å². The molecule has 0 unspecified atom stereocenters. The summed E-state index contributed by atoms with van der Waals surface area (Å²) in [4.78, 5) is 0. The fourth-order valence-corrected chi connectivity index (χ4v) is 2.44. The lowest BCUT2D eigenvalue weighted by Crippen LogP contribution is -2.45. The van der Waals surface area contributed by atoms with E-state index in [1.54, 1.807) is 0 Å². The van der Waals surface area contributed by atoms with E-state index < -0.39 is 12.6 Å². The van der Waals surface area contributed by atoms with Gasteiger partial charge in [-0.05, 0) is 25.8 Å². The lowest BCUT2D eigenvalue weighted by Gasteiger charge is -2.37. The van der Waals surface area contributed by atoms with Gasteiger partial charge in [0.2, 0.25) is 0 Å². The van der Waals surface area contributed by atoms with Crippen molar-refractivity contribution in [2.24, 2.45) is 0 Å². The van der Waals surface area contributed by atoms with Crippen LogP contribution in [0.4, 0.5) is 13.2 Å². The predicted octanol–water partition coefficient (Wildman–Crippen LogP) is 3.66. The van der Waals surface area contributed by atoms with Crippen LogP contribution < -0.4 is 5.32 Å². The summed E-state index contributed by atoms with van der Waals surface area (Å²) in [6, 6.07) is 0. The van der Waals surface area contributed by atoms with Gasteiger partial charge in [-0.25, -0.2) is 0 Å². The second kappa shape index (κ2) is 7.34. The fourth-order valence-electron chi connectivity index (χ4n) is 2.44. The first-order valence-electron chi connectivity index (χ1n) is 6.89. The molecule has 1 aliphatic rings. The Morgan fingerprint density at radius 2 is 1.83 bits per heavy atom. The first-order valence-corrected chi connectivity index (χ1v) is 6.89. The van der Waals surface area contributed by atoms with E-state index in [0.29, 0.717) is 6.54 Å². The van der Waals surface area contributed by atoms with Crippen LogP contribution in [-0.2, 0) is 4.74 Å². The highest BCUT2D eigenvalue weighted by Gasteiger charge is 2.34. The van der Waals surface area contributed by atoms with Crippen molar-refractivity contribution in [3.05, 3.63) is 0 Å². The number of rotatable bonds is 7. The van der Waals surface area contributed by atoms with Gasteiger partial charge in [0, 0.05) is 6.54 Å².